The third-order valence-corrected chi connectivity index (χ3v) is 3.64. The summed E-state index contributed by atoms with van der Waals surface area (Å²) in [6.45, 7) is 4.33. The largest absolute Gasteiger partial charge is 0.376 e. The van der Waals surface area contributed by atoms with Crippen LogP contribution in [0.25, 0.3) is 0 Å². The molecule has 1 unspecified atom stereocenters. The number of nitrogens with zero attached hydrogens (tertiary/aromatic N) is 2. The molecule has 1 aliphatic heterocycles. The Morgan fingerprint density at radius 2 is 2.42 bits per heavy atom. The van der Waals surface area contributed by atoms with Crippen LogP contribution in [0.5, 0.6) is 0 Å². The van der Waals surface area contributed by atoms with E-state index in [9.17, 15) is 4.79 Å². The van der Waals surface area contributed by atoms with Gasteiger partial charge in [-0.2, -0.15) is 0 Å². The minimum absolute atomic E-state index is 0.00250. The Labute approximate surface area is 122 Å². The van der Waals surface area contributed by atoms with Crippen LogP contribution in [0.2, 0.25) is 0 Å². The van der Waals surface area contributed by atoms with Gasteiger partial charge in [0.05, 0.1) is 6.10 Å². The molecule has 0 spiro atoms. The van der Waals surface area contributed by atoms with Crippen molar-refractivity contribution in [2.24, 2.45) is 0 Å². The first kappa shape index (κ1) is 14.5. The summed E-state index contributed by atoms with van der Waals surface area (Å²) in [6.07, 6.45) is 4.88. The van der Waals surface area contributed by atoms with Crippen molar-refractivity contribution in [2.75, 3.05) is 19.7 Å². The highest BCUT2D eigenvalue weighted by Crippen LogP contribution is 2.16. The van der Waals surface area contributed by atoms with E-state index in [-0.39, 0.29) is 12.0 Å². The molecule has 1 atom stereocenters. The summed E-state index contributed by atoms with van der Waals surface area (Å²) >= 11 is 3.32. The highest BCUT2D eigenvalue weighted by molar-refractivity contribution is 9.10. The molecule has 104 valence electrons. The van der Waals surface area contributed by atoms with Gasteiger partial charge in [0.15, 0.2) is 0 Å². The number of carbonyl (C=O) groups is 1. The summed E-state index contributed by atoms with van der Waals surface area (Å²) in [5.74, 6) is -0.00250. The average molecular weight is 327 g/mol. The Morgan fingerprint density at radius 3 is 3.11 bits per heavy atom. The van der Waals surface area contributed by atoms with E-state index in [2.05, 4.69) is 27.8 Å². The maximum Gasteiger partial charge on any atom is 0.272 e. The highest BCUT2D eigenvalue weighted by atomic mass is 79.9. The molecular weight excluding hydrogens is 308 g/mol. The molecule has 0 aromatic carbocycles. The van der Waals surface area contributed by atoms with Crippen LogP contribution < -0.4 is 0 Å². The molecule has 1 amide bonds. The third kappa shape index (κ3) is 4.01. The van der Waals surface area contributed by atoms with Crippen molar-refractivity contribution >= 4 is 21.8 Å². The van der Waals surface area contributed by atoms with E-state index in [0.717, 1.165) is 36.9 Å². The van der Waals surface area contributed by atoms with Gasteiger partial charge in [-0.25, -0.2) is 4.98 Å². The summed E-state index contributed by atoms with van der Waals surface area (Å²) < 4.78 is 6.63. The van der Waals surface area contributed by atoms with Crippen LogP contribution in [0.4, 0.5) is 0 Å². The molecule has 0 N–H and O–H groups in total. The number of amides is 1. The molecule has 4 nitrogen and oxygen atoms in total. The molecule has 1 aliphatic rings. The number of rotatable bonds is 4. The van der Waals surface area contributed by atoms with Crippen molar-refractivity contribution in [1.82, 2.24) is 9.88 Å². The lowest BCUT2D eigenvalue weighted by Crippen LogP contribution is -2.43. The van der Waals surface area contributed by atoms with Gasteiger partial charge in [-0.3, -0.25) is 4.79 Å². The smallest absolute Gasteiger partial charge is 0.272 e. The molecule has 1 aromatic heterocycles. The molecule has 1 aromatic rings. The number of ether oxygens (including phenoxy) is 1. The minimum Gasteiger partial charge on any atom is -0.376 e. The molecule has 1 fully saturated rings. The van der Waals surface area contributed by atoms with Gasteiger partial charge in [-0.15, -0.1) is 0 Å². The zero-order valence-corrected chi connectivity index (χ0v) is 12.7. The van der Waals surface area contributed by atoms with Crippen LogP contribution >= 0.6 is 15.9 Å². The Balaban J connectivity index is 1.96. The van der Waals surface area contributed by atoms with Crippen molar-refractivity contribution in [3.63, 3.8) is 0 Å². The van der Waals surface area contributed by atoms with Gasteiger partial charge in [0, 0.05) is 30.4 Å². The zero-order valence-electron chi connectivity index (χ0n) is 11.1. The fourth-order valence-corrected chi connectivity index (χ4v) is 2.44. The molecule has 2 rings (SSSR count). The maximum atomic E-state index is 12.3. The van der Waals surface area contributed by atoms with Gasteiger partial charge in [0.1, 0.15) is 5.69 Å². The first-order valence-electron chi connectivity index (χ1n) is 6.73. The highest BCUT2D eigenvalue weighted by Gasteiger charge is 2.25. The fraction of sp³-hybridized carbons (Fsp3) is 0.571. The number of hydrogen-bond donors (Lipinski definition) is 0. The van der Waals surface area contributed by atoms with Gasteiger partial charge in [0.2, 0.25) is 0 Å². The lowest BCUT2D eigenvalue weighted by molar-refractivity contribution is 0.00192. The van der Waals surface area contributed by atoms with Gasteiger partial charge < -0.3 is 9.64 Å². The van der Waals surface area contributed by atoms with Crippen LogP contribution in [-0.2, 0) is 4.74 Å². The Bertz CT molecular complexity index is 422. The SMILES string of the molecule is CCCOC1CCCN(C(=O)c2ccc(Br)cn2)C1. The quantitative estimate of drug-likeness (QED) is 0.854. The fourth-order valence-electron chi connectivity index (χ4n) is 2.21. The van der Waals surface area contributed by atoms with Crippen molar-refractivity contribution in [3.8, 4) is 0 Å². The topological polar surface area (TPSA) is 42.4 Å². The van der Waals surface area contributed by atoms with E-state index in [1.807, 2.05) is 11.0 Å². The predicted octanol–water partition coefficient (Wildman–Crippen LogP) is 2.88. The van der Waals surface area contributed by atoms with Gasteiger partial charge in [-0.05, 0) is 47.3 Å². The standard InChI is InChI=1S/C14H19BrN2O2/c1-2-8-19-12-4-3-7-17(10-12)14(18)13-6-5-11(15)9-16-13/h5-6,9,12H,2-4,7-8,10H2,1H3. The predicted molar refractivity (Wildman–Crippen MR) is 77.1 cm³/mol. The Hall–Kier alpha value is -0.940. The number of hydrogen-bond acceptors (Lipinski definition) is 3. The lowest BCUT2D eigenvalue weighted by atomic mass is 10.1. The number of pyridine rings is 1. The minimum atomic E-state index is -0.00250. The van der Waals surface area contributed by atoms with Gasteiger partial charge >= 0.3 is 0 Å². The summed E-state index contributed by atoms with van der Waals surface area (Å²) in [5.41, 5.74) is 0.499. The van der Waals surface area contributed by atoms with E-state index in [4.69, 9.17) is 4.74 Å². The second-order valence-electron chi connectivity index (χ2n) is 4.75. The molecule has 2 heterocycles. The normalized spacial score (nSPS) is 19.5. The van der Waals surface area contributed by atoms with E-state index in [1.54, 1.807) is 12.3 Å². The van der Waals surface area contributed by atoms with Crippen LogP contribution in [0.15, 0.2) is 22.8 Å². The summed E-state index contributed by atoms with van der Waals surface area (Å²) in [7, 11) is 0. The molecule has 0 saturated carbocycles. The van der Waals surface area contributed by atoms with Crippen molar-refractivity contribution in [3.05, 3.63) is 28.5 Å². The molecular formula is C14H19BrN2O2. The van der Waals surface area contributed by atoms with E-state index >= 15 is 0 Å². The van der Waals surface area contributed by atoms with Crippen LogP contribution in [-0.4, -0.2) is 41.6 Å². The molecule has 5 heteroatoms. The Morgan fingerprint density at radius 1 is 1.58 bits per heavy atom. The number of piperidine rings is 1. The van der Waals surface area contributed by atoms with Gasteiger partial charge in [-0.1, -0.05) is 6.92 Å². The summed E-state index contributed by atoms with van der Waals surface area (Å²) in [5, 5.41) is 0. The summed E-state index contributed by atoms with van der Waals surface area (Å²) in [6, 6.07) is 3.60. The van der Waals surface area contributed by atoms with Crippen molar-refractivity contribution in [2.45, 2.75) is 32.3 Å². The van der Waals surface area contributed by atoms with E-state index in [1.165, 1.54) is 0 Å². The van der Waals surface area contributed by atoms with Crippen molar-refractivity contribution < 1.29 is 9.53 Å². The van der Waals surface area contributed by atoms with E-state index in [0.29, 0.717) is 12.2 Å². The number of carbonyl (C=O) groups excluding carboxylic acids is 1. The van der Waals surface area contributed by atoms with Crippen LogP contribution in [0.3, 0.4) is 0 Å². The summed E-state index contributed by atoms with van der Waals surface area (Å²) in [4.78, 5) is 18.3. The molecule has 0 radical (unpaired) electrons. The first-order valence-corrected chi connectivity index (χ1v) is 7.52. The zero-order chi connectivity index (χ0) is 13.7. The maximum absolute atomic E-state index is 12.3. The Kier molecular flexibility index (Phi) is 5.34. The lowest BCUT2D eigenvalue weighted by Gasteiger charge is -2.32. The number of likely N-dealkylation sites (tertiary alicyclic amines) is 1. The second kappa shape index (κ2) is 7.01. The first-order chi connectivity index (χ1) is 9.20. The van der Waals surface area contributed by atoms with Gasteiger partial charge in [0.25, 0.3) is 5.91 Å². The number of halogens is 1. The van der Waals surface area contributed by atoms with Crippen molar-refractivity contribution in [1.29, 1.82) is 0 Å². The molecule has 0 aliphatic carbocycles. The van der Waals surface area contributed by atoms with Crippen LogP contribution in [0, 0.1) is 0 Å². The molecule has 0 bridgehead atoms. The molecule has 19 heavy (non-hydrogen) atoms. The monoisotopic (exact) mass is 326 g/mol. The molecule has 1 saturated heterocycles. The average Bonchev–Trinajstić information content (AvgIpc) is 2.45. The third-order valence-electron chi connectivity index (χ3n) is 3.17. The second-order valence-corrected chi connectivity index (χ2v) is 5.66. The van der Waals surface area contributed by atoms with Crippen LogP contribution in [0.1, 0.15) is 36.7 Å². The number of aromatic nitrogens is 1. The van der Waals surface area contributed by atoms with E-state index < -0.39 is 0 Å².